The molecule has 2 N–H and O–H groups in total. The lowest BCUT2D eigenvalue weighted by Gasteiger charge is -2.43. The first-order chi connectivity index (χ1) is 19.5. The molecule has 2 unspecified atom stereocenters. The minimum Gasteiger partial charge on any atom is -0.366 e. The number of anilines is 1. The van der Waals surface area contributed by atoms with Crippen LogP contribution in [0.1, 0.15) is 27.1 Å². The molecule has 1 fully saturated rings. The Balaban J connectivity index is 1.23. The molecule has 0 radical (unpaired) electrons. The summed E-state index contributed by atoms with van der Waals surface area (Å²) < 4.78 is 29.7. The molecule has 1 amide bonds. The number of benzene rings is 3. The molecule has 0 bridgehead atoms. The lowest BCUT2D eigenvalue weighted by molar-refractivity contribution is 0.0830. The number of ketones is 1. The van der Waals surface area contributed by atoms with Gasteiger partial charge in [-0.25, -0.2) is 8.78 Å². The van der Waals surface area contributed by atoms with Gasteiger partial charge in [0, 0.05) is 65.0 Å². The van der Waals surface area contributed by atoms with Crippen molar-refractivity contribution < 1.29 is 18.4 Å². The van der Waals surface area contributed by atoms with Gasteiger partial charge in [0.25, 0.3) is 5.91 Å². The average molecular weight is 556 g/mol. The summed E-state index contributed by atoms with van der Waals surface area (Å²) in [6.45, 7) is 0.647. The highest BCUT2D eigenvalue weighted by molar-refractivity contribution is 7.99. The maximum Gasteiger partial charge on any atom is 0.256 e. The highest BCUT2D eigenvalue weighted by Gasteiger charge is 2.44. The molecule has 40 heavy (non-hydrogen) atoms. The van der Waals surface area contributed by atoms with Gasteiger partial charge in [-0.15, -0.1) is 0 Å². The van der Waals surface area contributed by atoms with Crippen LogP contribution in [0.25, 0.3) is 11.1 Å². The van der Waals surface area contributed by atoms with Crippen molar-refractivity contribution in [2.45, 2.75) is 12.5 Å². The van der Waals surface area contributed by atoms with Crippen LogP contribution in [0.3, 0.4) is 0 Å². The van der Waals surface area contributed by atoms with E-state index in [4.69, 9.17) is 0 Å². The van der Waals surface area contributed by atoms with Gasteiger partial charge in [0.15, 0.2) is 11.6 Å². The van der Waals surface area contributed by atoms with Gasteiger partial charge in [-0.2, -0.15) is 11.8 Å². The van der Waals surface area contributed by atoms with Crippen LogP contribution < -0.4 is 10.6 Å². The number of amides is 1. The summed E-state index contributed by atoms with van der Waals surface area (Å²) in [4.78, 5) is 29.0. The van der Waals surface area contributed by atoms with E-state index in [2.05, 4.69) is 10.6 Å². The van der Waals surface area contributed by atoms with Crippen LogP contribution in [0, 0.1) is 5.92 Å². The van der Waals surface area contributed by atoms with E-state index in [1.165, 1.54) is 6.20 Å². The Kier molecular flexibility index (Phi) is 7.26. The summed E-state index contributed by atoms with van der Waals surface area (Å²) in [5, 5.41) is 5.89. The van der Waals surface area contributed by atoms with E-state index in [0.717, 1.165) is 28.3 Å². The molecule has 8 heteroatoms. The largest absolute Gasteiger partial charge is 0.366 e. The van der Waals surface area contributed by atoms with Crippen molar-refractivity contribution in [1.29, 1.82) is 0 Å². The first kappa shape index (κ1) is 26.1. The molecule has 202 valence electrons. The second-order valence-corrected chi connectivity index (χ2v) is 11.0. The molecule has 0 aromatic heterocycles. The van der Waals surface area contributed by atoms with Gasteiger partial charge < -0.3 is 15.5 Å². The van der Waals surface area contributed by atoms with Crippen molar-refractivity contribution in [1.82, 2.24) is 10.2 Å². The topological polar surface area (TPSA) is 61.4 Å². The Morgan fingerprint density at radius 2 is 1.68 bits per heavy atom. The standard InChI is InChI=1S/C32H27F2N3O2S/c33-28-16-26(30-27(29(28)34)18-35-17-23-19-40-15-14-37(23)30)31(38)21-10-12-22(13-11-21)36-32(39)25-9-5-4-8-24(25)20-6-2-1-3-7-20/h1-13,17-18,26,30,35H,14-16,19H2,(H,36,39). The predicted molar refractivity (Wildman–Crippen MR) is 155 cm³/mol. The van der Waals surface area contributed by atoms with Crippen molar-refractivity contribution in [3.63, 3.8) is 0 Å². The summed E-state index contributed by atoms with van der Waals surface area (Å²) in [6.07, 6.45) is 2.98. The first-order valence-electron chi connectivity index (χ1n) is 13.2. The van der Waals surface area contributed by atoms with Gasteiger partial charge in [0.05, 0.1) is 12.0 Å². The molecule has 2 aliphatic heterocycles. The van der Waals surface area contributed by atoms with E-state index in [-0.39, 0.29) is 23.7 Å². The number of Topliss-reactive ketones (excluding diaryl/α,β-unsaturated/α-hetero) is 1. The molecular formula is C32H27F2N3O2S. The van der Waals surface area contributed by atoms with Gasteiger partial charge in [-0.05, 0) is 41.5 Å². The lowest BCUT2D eigenvalue weighted by atomic mass is 9.78. The quantitative estimate of drug-likeness (QED) is 0.343. The predicted octanol–water partition coefficient (Wildman–Crippen LogP) is 6.71. The second kappa shape index (κ2) is 11.1. The van der Waals surface area contributed by atoms with Gasteiger partial charge in [-0.3, -0.25) is 9.59 Å². The van der Waals surface area contributed by atoms with Crippen molar-refractivity contribution in [3.05, 3.63) is 125 Å². The molecule has 0 spiro atoms. The number of thioether (sulfide) groups is 1. The van der Waals surface area contributed by atoms with Crippen LogP contribution in [-0.2, 0) is 0 Å². The van der Waals surface area contributed by atoms with Crippen molar-refractivity contribution in [2.24, 2.45) is 5.92 Å². The number of carbonyl (C=O) groups excluding carboxylic acids is 2. The number of hydrogen-bond donors (Lipinski definition) is 2. The van der Waals surface area contributed by atoms with E-state index < -0.39 is 23.6 Å². The third kappa shape index (κ3) is 4.95. The molecule has 1 aliphatic carbocycles. The molecule has 1 saturated heterocycles. The number of nitrogens with one attached hydrogen (secondary N) is 2. The highest BCUT2D eigenvalue weighted by atomic mass is 32.2. The normalized spacial score (nSPS) is 20.3. The van der Waals surface area contributed by atoms with Crippen LogP contribution in [0.2, 0.25) is 0 Å². The third-order valence-corrected chi connectivity index (χ3v) is 8.50. The monoisotopic (exact) mass is 555 g/mol. The van der Waals surface area contributed by atoms with E-state index >= 15 is 0 Å². The summed E-state index contributed by atoms with van der Waals surface area (Å²) in [7, 11) is 0. The smallest absolute Gasteiger partial charge is 0.256 e. The fourth-order valence-electron chi connectivity index (χ4n) is 5.58. The lowest BCUT2D eigenvalue weighted by Crippen LogP contribution is -2.48. The number of allylic oxidation sites excluding steroid dienone is 1. The van der Waals surface area contributed by atoms with Gasteiger partial charge in [-0.1, -0.05) is 48.5 Å². The minimum absolute atomic E-state index is 0.168. The van der Waals surface area contributed by atoms with Gasteiger partial charge in [0.1, 0.15) is 5.83 Å². The van der Waals surface area contributed by atoms with Crippen LogP contribution in [-0.4, -0.2) is 40.7 Å². The fraction of sp³-hybridized carbons (Fsp3) is 0.188. The summed E-state index contributed by atoms with van der Waals surface area (Å²) >= 11 is 1.77. The number of hydrogen-bond acceptors (Lipinski definition) is 5. The summed E-state index contributed by atoms with van der Waals surface area (Å²) in [6, 6.07) is 23.1. The zero-order valence-electron chi connectivity index (χ0n) is 21.6. The number of carbonyl (C=O) groups is 2. The molecule has 6 rings (SSSR count). The Morgan fingerprint density at radius 1 is 0.925 bits per heavy atom. The zero-order chi connectivity index (χ0) is 27.6. The Hall–Kier alpha value is -4.17. The maximum atomic E-state index is 14.9. The molecule has 5 nitrogen and oxygen atoms in total. The first-order valence-corrected chi connectivity index (χ1v) is 14.3. The van der Waals surface area contributed by atoms with Crippen LogP contribution >= 0.6 is 11.8 Å². The molecular weight excluding hydrogens is 528 g/mol. The zero-order valence-corrected chi connectivity index (χ0v) is 22.4. The van der Waals surface area contributed by atoms with Crippen LogP contribution in [0.4, 0.5) is 14.5 Å². The number of halogens is 2. The molecule has 3 aromatic carbocycles. The van der Waals surface area contributed by atoms with E-state index in [1.54, 1.807) is 48.3 Å². The number of rotatable bonds is 5. The van der Waals surface area contributed by atoms with E-state index in [1.807, 2.05) is 53.4 Å². The molecule has 3 aliphatic rings. The molecule has 3 aromatic rings. The third-order valence-electron chi connectivity index (χ3n) is 7.53. The SMILES string of the molecule is O=C(Nc1ccc(C(=O)C2CC(F)=C(F)C3=CNC=C4CSCCN4C32)cc1)c1ccccc1-c1ccccc1. The van der Waals surface area contributed by atoms with E-state index in [0.29, 0.717) is 23.4 Å². The molecule has 2 atom stereocenters. The second-order valence-electron chi connectivity index (χ2n) is 9.93. The number of nitrogens with zero attached hydrogens (tertiary/aromatic N) is 1. The minimum atomic E-state index is -0.904. The molecule has 2 heterocycles. The van der Waals surface area contributed by atoms with Gasteiger partial charge >= 0.3 is 0 Å². The Morgan fingerprint density at radius 3 is 2.48 bits per heavy atom. The highest BCUT2D eigenvalue weighted by Crippen LogP contribution is 2.42. The fourth-order valence-corrected chi connectivity index (χ4v) is 6.51. The van der Waals surface area contributed by atoms with Crippen molar-refractivity contribution in [2.75, 3.05) is 23.4 Å². The summed E-state index contributed by atoms with van der Waals surface area (Å²) in [5.41, 5.74) is 4.34. The maximum absolute atomic E-state index is 14.9. The Bertz CT molecular complexity index is 1550. The molecule has 0 saturated carbocycles. The average Bonchev–Trinajstić information content (AvgIpc) is 3.19. The number of fused-ring (bicyclic) bond motifs is 3. The summed E-state index contributed by atoms with van der Waals surface area (Å²) in [5.74, 6) is -1.52. The van der Waals surface area contributed by atoms with Crippen LogP contribution in [0.15, 0.2) is 114 Å². The van der Waals surface area contributed by atoms with Crippen LogP contribution in [0.5, 0.6) is 0 Å². The Labute approximate surface area is 235 Å². The van der Waals surface area contributed by atoms with Gasteiger partial charge in [0.2, 0.25) is 0 Å². The van der Waals surface area contributed by atoms with Crippen molar-refractivity contribution >= 4 is 29.1 Å². The van der Waals surface area contributed by atoms with Crippen molar-refractivity contribution in [3.8, 4) is 11.1 Å². The van der Waals surface area contributed by atoms with E-state index in [9.17, 15) is 18.4 Å².